The van der Waals surface area contributed by atoms with Gasteiger partial charge in [0.15, 0.2) is 17.2 Å². The van der Waals surface area contributed by atoms with E-state index in [1.807, 2.05) is 37.3 Å². The minimum Gasteiger partial charge on any atom is -0.493 e. The van der Waals surface area contributed by atoms with Crippen molar-refractivity contribution >= 4 is 23.4 Å². The molecule has 0 bridgehead atoms. The number of nitrogens with zero attached hydrogens (tertiary/aromatic N) is 4. The molecule has 1 aliphatic heterocycles. The average molecular weight is 439 g/mol. The van der Waals surface area contributed by atoms with E-state index in [2.05, 4.69) is 15.2 Å². The van der Waals surface area contributed by atoms with E-state index in [0.29, 0.717) is 39.5 Å². The zero-order valence-electron chi connectivity index (χ0n) is 17.7. The van der Waals surface area contributed by atoms with Gasteiger partial charge in [-0.1, -0.05) is 36.9 Å². The maximum absolute atomic E-state index is 12.8. The summed E-state index contributed by atoms with van der Waals surface area (Å²) in [7, 11) is 3.14. The smallest absolute Gasteiger partial charge is 0.247 e. The van der Waals surface area contributed by atoms with Gasteiger partial charge < -0.3 is 14.2 Å². The number of fused-ring (bicyclic) bond motifs is 3. The maximum Gasteiger partial charge on any atom is 0.247 e. The van der Waals surface area contributed by atoms with Crippen LogP contribution in [0.25, 0.3) is 11.3 Å². The summed E-state index contributed by atoms with van der Waals surface area (Å²) < 4.78 is 17.2. The fraction of sp³-hybridized carbons (Fsp3) is 0.273. The largest absolute Gasteiger partial charge is 0.493 e. The summed E-state index contributed by atoms with van der Waals surface area (Å²) >= 11 is 1.47. The summed E-state index contributed by atoms with van der Waals surface area (Å²) in [6, 6.07) is 12.9. The van der Waals surface area contributed by atoms with E-state index in [4.69, 9.17) is 14.2 Å². The predicted molar refractivity (Wildman–Crippen MR) is 118 cm³/mol. The molecule has 4 rings (SSSR count). The first-order valence-corrected chi connectivity index (χ1v) is 10.7. The number of rotatable bonds is 5. The van der Waals surface area contributed by atoms with Gasteiger partial charge in [-0.2, -0.15) is 4.98 Å². The Labute approximate surface area is 184 Å². The summed E-state index contributed by atoms with van der Waals surface area (Å²) in [6.45, 7) is 3.52. The van der Waals surface area contributed by atoms with Crippen LogP contribution in [0.1, 0.15) is 25.6 Å². The average Bonchev–Trinajstić information content (AvgIpc) is 2.93. The number of para-hydroxylation sites is 1. The van der Waals surface area contributed by atoms with Crippen LogP contribution in [-0.4, -0.2) is 41.1 Å². The van der Waals surface area contributed by atoms with Gasteiger partial charge in [0.25, 0.3) is 0 Å². The van der Waals surface area contributed by atoms with Gasteiger partial charge in [0.1, 0.15) is 0 Å². The number of ether oxygens (including phenoxy) is 3. The molecular formula is C22H22N4O4S. The molecule has 0 N–H and O–H groups in total. The number of amides is 1. The van der Waals surface area contributed by atoms with Crippen molar-refractivity contribution in [3.05, 3.63) is 48.0 Å². The van der Waals surface area contributed by atoms with Gasteiger partial charge >= 0.3 is 0 Å². The predicted octanol–water partition coefficient (Wildman–Crippen LogP) is 4.11. The Morgan fingerprint density at radius 2 is 1.90 bits per heavy atom. The number of benzene rings is 2. The zero-order chi connectivity index (χ0) is 22.0. The second kappa shape index (κ2) is 8.81. The maximum atomic E-state index is 12.8. The van der Waals surface area contributed by atoms with E-state index in [1.54, 1.807) is 31.3 Å². The molecule has 1 amide bonds. The van der Waals surface area contributed by atoms with Crippen LogP contribution in [0.4, 0.5) is 5.69 Å². The van der Waals surface area contributed by atoms with Gasteiger partial charge in [0.2, 0.25) is 23.2 Å². The number of carbonyl (C=O) groups is 1. The number of carbonyl (C=O) groups excluding carboxylic acids is 1. The molecule has 9 heteroatoms. The first-order valence-electron chi connectivity index (χ1n) is 9.72. The lowest BCUT2D eigenvalue weighted by Gasteiger charge is -2.30. The third kappa shape index (κ3) is 3.88. The number of thioether (sulfide) groups is 1. The van der Waals surface area contributed by atoms with E-state index < -0.39 is 6.23 Å². The fourth-order valence-electron chi connectivity index (χ4n) is 3.47. The van der Waals surface area contributed by atoms with Crippen LogP contribution in [0, 0.1) is 0 Å². The van der Waals surface area contributed by atoms with Crippen molar-refractivity contribution in [2.45, 2.75) is 25.2 Å². The Hall–Kier alpha value is -3.33. The van der Waals surface area contributed by atoms with Gasteiger partial charge in [-0.3, -0.25) is 9.69 Å². The topological polar surface area (TPSA) is 86.7 Å². The van der Waals surface area contributed by atoms with E-state index in [1.165, 1.54) is 18.7 Å². The molecular weight excluding hydrogens is 416 g/mol. The molecule has 0 spiro atoms. The van der Waals surface area contributed by atoms with E-state index in [0.717, 1.165) is 11.3 Å². The zero-order valence-corrected chi connectivity index (χ0v) is 18.5. The second-order valence-corrected chi connectivity index (χ2v) is 7.90. The lowest BCUT2D eigenvalue weighted by Crippen LogP contribution is -2.36. The highest BCUT2D eigenvalue weighted by Crippen LogP contribution is 2.44. The van der Waals surface area contributed by atoms with Gasteiger partial charge in [-0.05, 0) is 30.0 Å². The molecule has 31 heavy (non-hydrogen) atoms. The van der Waals surface area contributed by atoms with Crippen molar-refractivity contribution in [3.63, 3.8) is 0 Å². The highest BCUT2D eigenvalue weighted by molar-refractivity contribution is 7.99. The molecule has 0 radical (unpaired) electrons. The van der Waals surface area contributed by atoms with Crippen molar-refractivity contribution in [1.29, 1.82) is 0 Å². The third-order valence-electron chi connectivity index (χ3n) is 4.82. The Morgan fingerprint density at radius 3 is 2.61 bits per heavy atom. The molecule has 2 heterocycles. The molecule has 1 atom stereocenters. The molecule has 0 fully saturated rings. The number of anilines is 1. The molecule has 8 nitrogen and oxygen atoms in total. The summed E-state index contributed by atoms with van der Waals surface area (Å²) in [4.78, 5) is 19.0. The van der Waals surface area contributed by atoms with Crippen LogP contribution in [0.2, 0.25) is 0 Å². The molecule has 0 unspecified atom stereocenters. The molecule has 0 aliphatic carbocycles. The summed E-state index contributed by atoms with van der Waals surface area (Å²) in [5, 5.41) is 9.12. The quantitative estimate of drug-likeness (QED) is 0.550. The lowest BCUT2D eigenvalue weighted by molar-refractivity contribution is -0.118. The Morgan fingerprint density at radius 1 is 1.13 bits per heavy atom. The Kier molecular flexibility index (Phi) is 5.94. The minimum atomic E-state index is -0.782. The molecule has 3 aromatic rings. The van der Waals surface area contributed by atoms with Gasteiger partial charge in [-0.25, -0.2) is 0 Å². The van der Waals surface area contributed by atoms with E-state index in [9.17, 15) is 4.79 Å². The van der Waals surface area contributed by atoms with Gasteiger partial charge in [0, 0.05) is 18.1 Å². The van der Waals surface area contributed by atoms with Gasteiger partial charge in [0.05, 0.1) is 19.9 Å². The van der Waals surface area contributed by atoms with Crippen LogP contribution in [0.3, 0.4) is 0 Å². The highest BCUT2D eigenvalue weighted by Gasteiger charge is 2.35. The van der Waals surface area contributed by atoms with Crippen LogP contribution in [0.15, 0.2) is 47.6 Å². The lowest BCUT2D eigenvalue weighted by atomic mass is 10.1. The summed E-state index contributed by atoms with van der Waals surface area (Å²) in [5.74, 6) is 2.06. The molecule has 2 aromatic carbocycles. The number of aromatic nitrogens is 3. The van der Waals surface area contributed by atoms with Crippen molar-refractivity contribution in [2.75, 3.05) is 24.9 Å². The second-order valence-electron chi connectivity index (χ2n) is 6.67. The standard InChI is InChI=1S/C22H22N4O4S/c1-5-31-22-23-20-19(24-25-22)15-8-6-7-9-16(15)26(13(2)27)21(30-20)14-10-11-17(28-3)18(12-14)29-4/h6-12,21H,5H2,1-4H3/t21-/m0/s1. The van der Waals surface area contributed by atoms with Crippen LogP contribution in [0.5, 0.6) is 17.4 Å². The monoisotopic (exact) mass is 438 g/mol. The normalized spacial score (nSPS) is 14.7. The first-order chi connectivity index (χ1) is 15.1. The summed E-state index contributed by atoms with van der Waals surface area (Å²) in [6.07, 6.45) is -0.782. The van der Waals surface area contributed by atoms with Crippen molar-refractivity contribution in [2.24, 2.45) is 0 Å². The summed E-state index contributed by atoms with van der Waals surface area (Å²) in [5.41, 5.74) is 2.59. The molecule has 0 saturated heterocycles. The Balaban J connectivity index is 1.93. The van der Waals surface area contributed by atoms with Crippen LogP contribution in [-0.2, 0) is 4.79 Å². The SMILES string of the molecule is CCSc1nnc2c(n1)O[C@@H](c1ccc(OC)c(OC)c1)N(C(C)=O)c1ccccc1-2. The number of hydrogen-bond donors (Lipinski definition) is 0. The first kappa shape index (κ1) is 20.9. The fourth-order valence-corrected chi connectivity index (χ4v) is 3.97. The Bertz CT molecular complexity index is 1120. The highest BCUT2D eigenvalue weighted by atomic mass is 32.2. The van der Waals surface area contributed by atoms with Crippen molar-refractivity contribution in [1.82, 2.24) is 15.2 Å². The van der Waals surface area contributed by atoms with Gasteiger partial charge in [-0.15, -0.1) is 10.2 Å². The van der Waals surface area contributed by atoms with Crippen LogP contribution < -0.4 is 19.1 Å². The minimum absolute atomic E-state index is 0.184. The van der Waals surface area contributed by atoms with Crippen LogP contribution >= 0.6 is 11.8 Å². The van der Waals surface area contributed by atoms with Crippen molar-refractivity contribution in [3.8, 4) is 28.6 Å². The molecule has 1 aromatic heterocycles. The molecule has 1 aliphatic rings. The van der Waals surface area contributed by atoms with Crippen molar-refractivity contribution < 1.29 is 19.0 Å². The number of methoxy groups -OCH3 is 2. The third-order valence-corrected chi connectivity index (χ3v) is 5.54. The molecule has 160 valence electrons. The molecule has 0 saturated carbocycles. The van der Waals surface area contributed by atoms with E-state index >= 15 is 0 Å². The van der Waals surface area contributed by atoms with E-state index in [-0.39, 0.29) is 5.91 Å². The number of hydrogen-bond acceptors (Lipinski definition) is 8.